The third-order valence-electron chi connectivity index (χ3n) is 4.74. The van der Waals surface area contributed by atoms with Crippen molar-refractivity contribution < 1.29 is 14.7 Å². The molecule has 1 amide bonds. The molecule has 0 bridgehead atoms. The number of nitrogens with one attached hydrogen (secondary N) is 2. The number of halogens is 1. The van der Waals surface area contributed by atoms with E-state index in [0.29, 0.717) is 40.9 Å². The summed E-state index contributed by atoms with van der Waals surface area (Å²) in [5, 5.41) is 15.9. The van der Waals surface area contributed by atoms with Crippen LogP contribution in [0.1, 0.15) is 35.7 Å². The number of nitrogen functional groups attached to an aromatic ring is 2. The SMILES string of the molecule is CCCC(NC(=O)c1ccc(NCc2ccc3nc(N)nc(N)c3c2Cl)cc1)C(=O)O. The summed E-state index contributed by atoms with van der Waals surface area (Å²) in [6, 6.07) is 9.41. The van der Waals surface area contributed by atoms with Crippen molar-refractivity contribution in [2.75, 3.05) is 16.8 Å². The van der Waals surface area contributed by atoms with Gasteiger partial charge in [0.25, 0.3) is 5.91 Å². The molecular formula is C21H23ClN6O3. The minimum Gasteiger partial charge on any atom is -0.480 e. The van der Waals surface area contributed by atoms with Gasteiger partial charge in [-0.15, -0.1) is 0 Å². The van der Waals surface area contributed by atoms with Crippen LogP contribution in [-0.4, -0.2) is 33.0 Å². The van der Waals surface area contributed by atoms with Gasteiger partial charge in [-0.1, -0.05) is 31.0 Å². The molecular weight excluding hydrogens is 420 g/mol. The molecule has 10 heteroatoms. The highest BCUT2D eigenvalue weighted by Gasteiger charge is 2.19. The number of fused-ring (bicyclic) bond motifs is 1. The van der Waals surface area contributed by atoms with E-state index in [2.05, 4.69) is 20.6 Å². The van der Waals surface area contributed by atoms with Gasteiger partial charge in [-0.3, -0.25) is 4.79 Å². The van der Waals surface area contributed by atoms with E-state index in [1.807, 2.05) is 13.0 Å². The first-order chi connectivity index (χ1) is 14.8. The van der Waals surface area contributed by atoms with E-state index in [1.165, 1.54) is 0 Å². The number of carboxylic acids is 1. The molecule has 0 aliphatic rings. The summed E-state index contributed by atoms with van der Waals surface area (Å²) in [6.45, 7) is 2.27. The fourth-order valence-corrected chi connectivity index (χ4v) is 3.46. The quantitative estimate of drug-likeness (QED) is 0.356. The lowest BCUT2D eigenvalue weighted by atomic mass is 10.1. The van der Waals surface area contributed by atoms with Crippen molar-refractivity contribution in [2.24, 2.45) is 0 Å². The number of carboxylic acid groups (broad SMARTS) is 1. The van der Waals surface area contributed by atoms with Crippen LogP contribution in [0.25, 0.3) is 10.9 Å². The highest BCUT2D eigenvalue weighted by molar-refractivity contribution is 6.37. The molecule has 1 aromatic heterocycles. The van der Waals surface area contributed by atoms with Crippen LogP contribution in [0.2, 0.25) is 5.02 Å². The zero-order valence-electron chi connectivity index (χ0n) is 16.9. The van der Waals surface area contributed by atoms with Crippen LogP contribution in [0.4, 0.5) is 17.5 Å². The molecule has 0 fully saturated rings. The molecule has 0 spiro atoms. The Bertz CT molecular complexity index is 1120. The van der Waals surface area contributed by atoms with Crippen molar-refractivity contribution in [1.82, 2.24) is 15.3 Å². The van der Waals surface area contributed by atoms with E-state index >= 15 is 0 Å². The second-order valence-electron chi connectivity index (χ2n) is 6.98. The number of benzene rings is 2. The Labute approximate surface area is 183 Å². The molecule has 9 nitrogen and oxygen atoms in total. The first-order valence-electron chi connectivity index (χ1n) is 9.67. The summed E-state index contributed by atoms with van der Waals surface area (Å²) in [5.41, 5.74) is 14.1. The standard InChI is InChI=1S/C21H23ClN6O3/c1-2-3-15(20(30)31)26-19(29)11-4-7-13(8-5-11)25-10-12-6-9-14-16(17(12)22)18(23)28-21(24)27-14/h4-9,15,25H,2-3,10H2,1H3,(H,26,29)(H,30,31)(H4,23,24,27,28). The lowest BCUT2D eigenvalue weighted by Gasteiger charge is -2.14. The summed E-state index contributed by atoms with van der Waals surface area (Å²) in [5.74, 6) is -1.18. The van der Waals surface area contributed by atoms with Crippen LogP contribution >= 0.6 is 11.6 Å². The first kappa shape index (κ1) is 22.1. The lowest BCUT2D eigenvalue weighted by Crippen LogP contribution is -2.40. The number of hydrogen-bond donors (Lipinski definition) is 5. The molecule has 7 N–H and O–H groups in total. The van der Waals surface area contributed by atoms with Crippen molar-refractivity contribution in [2.45, 2.75) is 32.4 Å². The molecule has 1 atom stereocenters. The average Bonchev–Trinajstić information content (AvgIpc) is 2.72. The first-order valence-corrected chi connectivity index (χ1v) is 10.1. The van der Waals surface area contributed by atoms with Gasteiger partial charge in [0.2, 0.25) is 5.95 Å². The van der Waals surface area contributed by atoms with Crippen LogP contribution in [0, 0.1) is 0 Å². The second-order valence-corrected chi connectivity index (χ2v) is 7.36. The van der Waals surface area contributed by atoms with Gasteiger partial charge in [0, 0.05) is 17.8 Å². The Kier molecular flexibility index (Phi) is 6.76. The number of carbonyl (C=O) groups is 2. The Morgan fingerprint density at radius 2 is 1.84 bits per heavy atom. The van der Waals surface area contributed by atoms with Gasteiger partial charge in [-0.05, 0) is 42.3 Å². The molecule has 0 saturated carbocycles. The normalized spacial score (nSPS) is 11.8. The smallest absolute Gasteiger partial charge is 0.326 e. The fraction of sp³-hybridized carbons (Fsp3) is 0.238. The van der Waals surface area contributed by atoms with E-state index in [0.717, 1.165) is 11.3 Å². The molecule has 0 aliphatic carbocycles. The number of aromatic nitrogens is 2. The summed E-state index contributed by atoms with van der Waals surface area (Å²) in [6.07, 6.45) is 1.03. The number of nitrogens with zero attached hydrogens (tertiary/aromatic N) is 2. The van der Waals surface area contributed by atoms with Gasteiger partial charge in [0.05, 0.1) is 15.9 Å². The molecule has 3 aromatic rings. The summed E-state index contributed by atoms with van der Waals surface area (Å²) in [7, 11) is 0. The molecule has 1 unspecified atom stereocenters. The fourth-order valence-electron chi connectivity index (χ4n) is 3.13. The molecule has 1 heterocycles. The van der Waals surface area contributed by atoms with Crippen molar-refractivity contribution in [1.29, 1.82) is 0 Å². The van der Waals surface area contributed by atoms with Gasteiger partial charge in [0.1, 0.15) is 11.9 Å². The van der Waals surface area contributed by atoms with Crippen molar-refractivity contribution in [3.8, 4) is 0 Å². The van der Waals surface area contributed by atoms with Gasteiger partial charge < -0.3 is 27.2 Å². The van der Waals surface area contributed by atoms with E-state index < -0.39 is 17.9 Å². The maximum atomic E-state index is 12.3. The van der Waals surface area contributed by atoms with Crippen molar-refractivity contribution in [3.05, 3.63) is 52.5 Å². The number of anilines is 3. The number of aliphatic carboxylic acids is 1. The van der Waals surface area contributed by atoms with Crippen molar-refractivity contribution >= 4 is 51.8 Å². The van der Waals surface area contributed by atoms with Crippen LogP contribution < -0.4 is 22.1 Å². The van der Waals surface area contributed by atoms with E-state index in [4.69, 9.17) is 23.1 Å². The van der Waals surface area contributed by atoms with Crippen LogP contribution in [0.15, 0.2) is 36.4 Å². The summed E-state index contributed by atoms with van der Waals surface area (Å²) < 4.78 is 0. The van der Waals surface area contributed by atoms with E-state index in [9.17, 15) is 14.7 Å². The Morgan fingerprint density at radius 1 is 1.13 bits per heavy atom. The maximum absolute atomic E-state index is 12.3. The van der Waals surface area contributed by atoms with Crippen LogP contribution in [-0.2, 0) is 11.3 Å². The van der Waals surface area contributed by atoms with Gasteiger partial charge in [-0.2, -0.15) is 4.98 Å². The number of nitrogens with two attached hydrogens (primary N) is 2. The third kappa shape index (κ3) is 5.13. The average molecular weight is 443 g/mol. The number of hydrogen-bond acceptors (Lipinski definition) is 7. The molecule has 3 rings (SSSR count). The lowest BCUT2D eigenvalue weighted by molar-refractivity contribution is -0.139. The molecule has 0 saturated heterocycles. The number of amides is 1. The van der Waals surface area contributed by atoms with E-state index in [-0.39, 0.29) is 11.8 Å². The third-order valence-corrected chi connectivity index (χ3v) is 5.17. The molecule has 0 radical (unpaired) electrons. The Morgan fingerprint density at radius 3 is 2.48 bits per heavy atom. The number of rotatable bonds is 8. The largest absolute Gasteiger partial charge is 0.480 e. The van der Waals surface area contributed by atoms with E-state index in [1.54, 1.807) is 30.3 Å². The molecule has 31 heavy (non-hydrogen) atoms. The van der Waals surface area contributed by atoms with Gasteiger partial charge in [0.15, 0.2) is 0 Å². The Hall–Kier alpha value is -3.59. The zero-order valence-corrected chi connectivity index (χ0v) is 17.6. The maximum Gasteiger partial charge on any atom is 0.326 e. The molecule has 162 valence electrons. The van der Waals surface area contributed by atoms with Crippen molar-refractivity contribution in [3.63, 3.8) is 0 Å². The summed E-state index contributed by atoms with van der Waals surface area (Å²) in [4.78, 5) is 31.6. The van der Waals surface area contributed by atoms with Gasteiger partial charge >= 0.3 is 5.97 Å². The minimum atomic E-state index is -1.05. The predicted molar refractivity (Wildman–Crippen MR) is 121 cm³/mol. The van der Waals surface area contributed by atoms with Gasteiger partial charge in [-0.25, -0.2) is 9.78 Å². The predicted octanol–water partition coefficient (Wildman–Crippen LogP) is 3.04. The topological polar surface area (TPSA) is 156 Å². The Balaban J connectivity index is 1.69. The number of carbonyl (C=O) groups excluding carboxylic acids is 1. The molecule has 0 aliphatic heterocycles. The zero-order chi connectivity index (χ0) is 22.5. The molecule has 2 aromatic carbocycles. The van der Waals surface area contributed by atoms with Crippen LogP contribution in [0.3, 0.4) is 0 Å². The highest BCUT2D eigenvalue weighted by Crippen LogP contribution is 2.30. The highest BCUT2D eigenvalue weighted by atomic mass is 35.5. The summed E-state index contributed by atoms with van der Waals surface area (Å²) >= 11 is 6.49. The van der Waals surface area contributed by atoms with Crippen LogP contribution in [0.5, 0.6) is 0 Å². The minimum absolute atomic E-state index is 0.0837. The second kappa shape index (κ2) is 9.48. The monoisotopic (exact) mass is 442 g/mol.